The van der Waals surface area contributed by atoms with Crippen LogP contribution in [0.25, 0.3) is 0 Å². The van der Waals surface area contributed by atoms with Gasteiger partial charge in [0, 0.05) is 0 Å². The first-order valence-electron chi connectivity index (χ1n) is 4.89. The van der Waals surface area contributed by atoms with Crippen molar-refractivity contribution in [2.45, 2.75) is 12.8 Å². The van der Waals surface area contributed by atoms with Crippen molar-refractivity contribution < 1.29 is 36.2 Å². The molecular formula is C11H6F5NO3. The molecule has 4 nitrogen and oxygen atoms in total. The lowest BCUT2D eigenvalue weighted by Crippen LogP contribution is -2.15. The molecule has 0 heterocycles. The van der Waals surface area contributed by atoms with Crippen molar-refractivity contribution >= 4 is 5.97 Å². The number of ether oxygens (including phenoxy) is 2. The maximum Gasteiger partial charge on any atom is 0.421 e. The van der Waals surface area contributed by atoms with Gasteiger partial charge in [-0.1, -0.05) is 0 Å². The zero-order chi connectivity index (χ0) is 15.5. The molecular weight excluding hydrogens is 289 g/mol. The van der Waals surface area contributed by atoms with Crippen LogP contribution in [0.5, 0.6) is 5.75 Å². The van der Waals surface area contributed by atoms with Gasteiger partial charge in [0.1, 0.15) is 11.3 Å². The van der Waals surface area contributed by atoms with E-state index in [9.17, 15) is 26.7 Å². The Hall–Kier alpha value is -2.37. The average Bonchev–Trinajstić information content (AvgIpc) is 2.34. The van der Waals surface area contributed by atoms with E-state index in [2.05, 4.69) is 9.47 Å². The second-order valence-corrected chi connectivity index (χ2v) is 3.38. The first-order valence-corrected chi connectivity index (χ1v) is 4.89. The van der Waals surface area contributed by atoms with Crippen molar-refractivity contribution in [1.29, 1.82) is 5.26 Å². The van der Waals surface area contributed by atoms with Gasteiger partial charge in [-0.25, -0.2) is 4.79 Å². The van der Waals surface area contributed by atoms with E-state index in [1.54, 1.807) is 0 Å². The highest BCUT2D eigenvalue weighted by Crippen LogP contribution is 2.40. The molecule has 0 fully saturated rings. The lowest BCUT2D eigenvalue weighted by Gasteiger charge is -2.15. The molecule has 0 spiro atoms. The standard InChI is InChI=1S/C11H6F5NO3/c1-19-9(18)5-2-6(4-17)8(11(14,15)16)7(3-5)20-10(12)13/h2-3,10H,1H3. The van der Waals surface area contributed by atoms with Crippen LogP contribution >= 0.6 is 0 Å². The highest BCUT2D eigenvalue weighted by Gasteiger charge is 2.39. The number of alkyl halides is 5. The third-order valence-electron chi connectivity index (χ3n) is 2.14. The van der Waals surface area contributed by atoms with Gasteiger partial charge in [0.15, 0.2) is 0 Å². The van der Waals surface area contributed by atoms with Crippen molar-refractivity contribution in [2.24, 2.45) is 0 Å². The number of nitriles is 1. The van der Waals surface area contributed by atoms with E-state index in [4.69, 9.17) is 5.26 Å². The van der Waals surface area contributed by atoms with Crippen molar-refractivity contribution in [3.8, 4) is 11.8 Å². The van der Waals surface area contributed by atoms with Crippen molar-refractivity contribution in [3.63, 3.8) is 0 Å². The largest absolute Gasteiger partial charge is 0.465 e. The fourth-order valence-corrected chi connectivity index (χ4v) is 1.42. The minimum Gasteiger partial charge on any atom is -0.465 e. The van der Waals surface area contributed by atoms with Crippen molar-refractivity contribution in [2.75, 3.05) is 7.11 Å². The molecule has 0 aliphatic rings. The normalized spacial score (nSPS) is 11.1. The van der Waals surface area contributed by atoms with Crippen LogP contribution in [0.3, 0.4) is 0 Å². The summed E-state index contributed by atoms with van der Waals surface area (Å²) in [6, 6.07) is 2.22. The number of methoxy groups -OCH3 is 1. The molecule has 20 heavy (non-hydrogen) atoms. The van der Waals surface area contributed by atoms with Crippen molar-refractivity contribution in [3.05, 3.63) is 28.8 Å². The minimum atomic E-state index is -5.09. The molecule has 0 saturated heterocycles. The second kappa shape index (κ2) is 5.73. The molecule has 0 saturated carbocycles. The predicted octanol–water partition coefficient (Wildman–Crippen LogP) is 2.97. The molecule has 0 aromatic heterocycles. The molecule has 1 rings (SSSR count). The van der Waals surface area contributed by atoms with Crippen LogP contribution in [0.2, 0.25) is 0 Å². The highest BCUT2D eigenvalue weighted by atomic mass is 19.4. The molecule has 0 unspecified atom stereocenters. The number of carbonyl (C=O) groups is 1. The van der Waals surface area contributed by atoms with Gasteiger partial charge in [-0.3, -0.25) is 0 Å². The van der Waals surface area contributed by atoms with Gasteiger partial charge in [0.2, 0.25) is 0 Å². The predicted molar refractivity (Wildman–Crippen MR) is 54.1 cm³/mol. The summed E-state index contributed by atoms with van der Waals surface area (Å²) in [6.07, 6.45) is -5.09. The van der Waals surface area contributed by atoms with Gasteiger partial charge < -0.3 is 9.47 Å². The molecule has 0 N–H and O–H groups in total. The summed E-state index contributed by atoms with van der Waals surface area (Å²) in [5, 5.41) is 8.67. The van der Waals surface area contributed by atoms with E-state index in [-0.39, 0.29) is 0 Å². The molecule has 9 heteroatoms. The Morgan fingerprint density at radius 2 is 1.95 bits per heavy atom. The molecule has 0 atom stereocenters. The summed E-state index contributed by atoms with van der Waals surface area (Å²) in [5.74, 6) is -2.40. The average molecular weight is 295 g/mol. The Morgan fingerprint density at radius 1 is 1.35 bits per heavy atom. The number of nitrogens with zero attached hydrogens (tertiary/aromatic N) is 1. The quantitative estimate of drug-likeness (QED) is 0.635. The molecule has 1 aromatic rings. The Balaban J connectivity index is 3.57. The number of hydrogen-bond donors (Lipinski definition) is 0. The maximum atomic E-state index is 12.8. The molecule has 108 valence electrons. The Kier molecular flexibility index (Phi) is 4.49. The molecule has 0 aliphatic heterocycles. The third kappa shape index (κ3) is 3.34. The smallest absolute Gasteiger partial charge is 0.421 e. The van der Waals surface area contributed by atoms with E-state index in [1.165, 1.54) is 6.07 Å². The van der Waals surface area contributed by atoms with Gasteiger partial charge in [0.25, 0.3) is 0 Å². The Morgan fingerprint density at radius 3 is 2.35 bits per heavy atom. The van der Waals surface area contributed by atoms with E-state index < -0.39 is 41.2 Å². The fourth-order valence-electron chi connectivity index (χ4n) is 1.42. The lowest BCUT2D eigenvalue weighted by atomic mass is 10.0. The number of rotatable bonds is 3. The number of benzene rings is 1. The first-order chi connectivity index (χ1) is 9.20. The highest BCUT2D eigenvalue weighted by molar-refractivity contribution is 5.90. The zero-order valence-corrected chi connectivity index (χ0v) is 9.79. The fraction of sp³-hybridized carbons (Fsp3) is 0.273. The van der Waals surface area contributed by atoms with E-state index >= 15 is 0 Å². The lowest BCUT2D eigenvalue weighted by molar-refractivity contribution is -0.142. The number of esters is 1. The maximum absolute atomic E-state index is 12.8. The summed E-state index contributed by atoms with van der Waals surface area (Å²) in [6.45, 7) is -3.55. The van der Waals surface area contributed by atoms with Gasteiger partial charge in [0.05, 0.1) is 24.3 Å². The van der Waals surface area contributed by atoms with Crippen molar-refractivity contribution in [1.82, 2.24) is 0 Å². The van der Waals surface area contributed by atoms with Crippen LogP contribution in [-0.2, 0) is 10.9 Å². The molecule has 1 aromatic carbocycles. The molecule has 0 radical (unpaired) electrons. The third-order valence-corrected chi connectivity index (χ3v) is 2.14. The van der Waals surface area contributed by atoms with Gasteiger partial charge in [-0.15, -0.1) is 0 Å². The SMILES string of the molecule is COC(=O)c1cc(C#N)c(C(F)(F)F)c(OC(F)F)c1. The summed E-state index contributed by atoms with van der Waals surface area (Å²) < 4.78 is 70.6. The van der Waals surface area contributed by atoms with E-state index in [0.717, 1.165) is 7.11 Å². The van der Waals surface area contributed by atoms with Crippen LogP contribution in [0.1, 0.15) is 21.5 Å². The number of carbonyl (C=O) groups excluding carboxylic acids is 1. The summed E-state index contributed by atoms with van der Waals surface area (Å²) in [7, 11) is 0.944. The topological polar surface area (TPSA) is 59.3 Å². The summed E-state index contributed by atoms with van der Waals surface area (Å²) in [4.78, 5) is 11.2. The summed E-state index contributed by atoms with van der Waals surface area (Å²) in [5.41, 5.74) is -3.20. The zero-order valence-electron chi connectivity index (χ0n) is 9.79. The van der Waals surface area contributed by atoms with Crippen LogP contribution in [0.4, 0.5) is 22.0 Å². The van der Waals surface area contributed by atoms with Crippen LogP contribution in [0.15, 0.2) is 12.1 Å². The molecule has 0 bridgehead atoms. The minimum absolute atomic E-state index is 0.446. The van der Waals surface area contributed by atoms with Gasteiger partial charge in [-0.05, 0) is 12.1 Å². The van der Waals surface area contributed by atoms with E-state index in [0.29, 0.717) is 12.1 Å². The van der Waals surface area contributed by atoms with Gasteiger partial charge >= 0.3 is 18.8 Å². The monoisotopic (exact) mass is 295 g/mol. The van der Waals surface area contributed by atoms with Crippen LogP contribution in [0, 0.1) is 11.3 Å². The summed E-state index contributed by atoms with van der Waals surface area (Å²) >= 11 is 0. The van der Waals surface area contributed by atoms with Crippen LogP contribution in [-0.4, -0.2) is 19.7 Å². The molecule has 0 aliphatic carbocycles. The molecule has 0 amide bonds. The Bertz CT molecular complexity index is 562. The Labute approximate surface area is 109 Å². The number of halogens is 5. The van der Waals surface area contributed by atoms with Gasteiger partial charge in [-0.2, -0.15) is 27.2 Å². The van der Waals surface area contributed by atoms with E-state index in [1.807, 2.05) is 0 Å². The second-order valence-electron chi connectivity index (χ2n) is 3.38. The first kappa shape index (κ1) is 15.7. The number of hydrogen-bond acceptors (Lipinski definition) is 4. The van der Waals surface area contributed by atoms with Crippen LogP contribution < -0.4 is 4.74 Å².